The van der Waals surface area contributed by atoms with Crippen molar-refractivity contribution in [3.05, 3.63) is 0 Å². The molecule has 2 N–H and O–H groups in total. The number of ether oxygens (including phenoxy) is 1. The summed E-state index contributed by atoms with van der Waals surface area (Å²) >= 11 is 0. The van der Waals surface area contributed by atoms with E-state index in [0.29, 0.717) is 18.2 Å². The molecule has 3 rings (SSSR count). The highest BCUT2D eigenvalue weighted by molar-refractivity contribution is 5.79. The number of likely N-dealkylation sites (N-methyl/N-ethyl adjacent to an activating group) is 1. The molecule has 3 unspecified atom stereocenters. The first-order valence-corrected chi connectivity index (χ1v) is 7.92. The van der Waals surface area contributed by atoms with E-state index in [4.69, 9.17) is 4.74 Å². The van der Waals surface area contributed by atoms with Gasteiger partial charge in [0, 0.05) is 25.2 Å². The SMILES string of the molecule is CN(CC1CCCO1)C1CCC(NC2CC2)(C(=O)O)C1. The highest BCUT2D eigenvalue weighted by Gasteiger charge is 2.49. The van der Waals surface area contributed by atoms with Crippen LogP contribution in [0, 0.1) is 0 Å². The molecule has 2 saturated carbocycles. The lowest BCUT2D eigenvalue weighted by Gasteiger charge is -2.30. The van der Waals surface area contributed by atoms with E-state index in [-0.39, 0.29) is 0 Å². The molecule has 114 valence electrons. The number of hydrogen-bond donors (Lipinski definition) is 2. The summed E-state index contributed by atoms with van der Waals surface area (Å²) in [4.78, 5) is 14.0. The molecule has 0 spiro atoms. The quantitative estimate of drug-likeness (QED) is 0.767. The second-order valence-electron chi connectivity index (χ2n) is 6.78. The minimum absolute atomic E-state index is 0.344. The van der Waals surface area contributed by atoms with Gasteiger partial charge in [-0.2, -0.15) is 0 Å². The molecule has 0 radical (unpaired) electrons. The standard InChI is InChI=1S/C15H26N2O3/c1-17(10-13-3-2-8-20-13)12-6-7-15(9-12,14(18)19)16-11-4-5-11/h11-13,16H,2-10H2,1H3,(H,18,19). The van der Waals surface area contributed by atoms with E-state index in [0.717, 1.165) is 58.1 Å². The smallest absolute Gasteiger partial charge is 0.323 e. The van der Waals surface area contributed by atoms with Gasteiger partial charge in [0.05, 0.1) is 6.10 Å². The van der Waals surface area contributed by atoms with Crippen LogP contribution < -0.4 is 5.32 Å². The van der Waals surface area contributed by atoms with E-state index in [2.05, 4.69) is 17.3 Å². The zero-order valence-electron chi connectivity index (χ0n) is 12.3. The van der Waals surface area contributed by atoms with Crippen LogP contribution in [-0.4, -0.2) is 59.9 Å². The van der Waals surface area contributed by atoms with Gasteiger partial charge >= 0.3 is 5.97 Å². The van der Waals surface area contributed by atoms with E-state index < -0.39 is 11.5 Å². The Hall–Kier alpha value is -0.650. The number of rotatable bonds is 6. The summed E-state index contributed by atoms with van der Waals surface area (Å²) < 4.78 is 5.68. The van der Waals surface area contributed by atoms with Crippen LogP contribution in [0.2, 0.25) is 0 Å². The Morgan fingerprint density at radius 3 is 2.80 bits per heavy atom. The second kappa shape index (κ2) is 5.62. The molecule has 2 aliphatic carbocycles. The Bertz CT molecular complexity index is 366. The van der Waals surface area contributed by atoms with Crippen molar-refractivity contribution in [3.8, 4) is 0 Å². The van der Waals surface area contributed by atoms with Crippen molar-refractivity contribution in [3.63, 3.8) is 0 Å². The van der Waals surface area contributed by atoms with Gasteiger partial charge in [-0.05, 0) is 52.0 Å². The van der Waals surface area contributed by atoms with Gasteiger partial charge in [0.2, 0.25) is 0 Å². The molecule has 3 aliphatic rings. The number of hydrogen-bond acceptors (Lipinski definition) is 4. The lowest BCUT2D eigenvalue weighted by atomic mass is 9.97. The maximum absolute atomic E-state index is 11.7. The molecule has 3 fully saturated rings. The van der Waals surface area contributed by atoms with Crippen molar-refractivity contribution in [2.45, 2.75) is 68.7 Å². The summed E-state index contributed by atoms with van der Waals surface area (Å²) in [5, 5.41) is 13.0. The highest BCUT2D eigenvalue weighted by Crippen LogP contribution is 2.36. The van der Waals surface area contributed by atoms with Crippen LogP contribution in [0.4, 0.5) is 0 Å². The lowest BCUT2D eigenvalue weighted by Crippen LogP contribution is -2.52. The van der Waals surface area contributed by atoms with Crippen molar-refractivity contribution in [2.24, 2.45) is 0 Å². The number of carbonyl (C=O) groups is 1. The second-order valence-corrected chi connectivity index (χ2v) is 6.78. The Kier molecular flexibility index (Phi) is 4.02. The molecule has 0 aromatic carbocycles. The molecule has 0 amide bonds. The van der Waals surface area contributed by atoms with Crippen LogP contribution in [0.1, 0.15) is 44.9 Å². The molecule has 0 bridgehead atoms. The van der Waals surface area contributed by atoms with Crippen LogP contribution in [0.5, 0.6) is 0 Å². The summed E-state index contributed by atoms with van der Waals surface area (Å²) in [5.41, 5.74) is -0.684. The van der Waals surface area contributed by atoms with Crippen molar-refractivity contribution in [2.75, 3.05) is 20.2 Å². The molecule has 5 nitrogen and oxygen atoms in total. The third-order valence-electron chi connectivity index (χ3n) is 5.09. The summed E-state index contributed by atoms with van der Waals surface area (Å²) in [6, 6.07) is 0.801. The Balaban J connectivity index is 1.57. The maximum atomic E-state index is 11.7. The van der Waals surface area contributed by atoms with Gasteiger partial charge in [-0.15, -0.1) is 0 Å². The first kappa shape index (κ1) is 14.3. The fraction of sp³-hybridized carbons (Fsp3) is 0.933. The van der Waals surface area contributed by atoms with E-state index >= 15 is 0 Å². The van der Waals surface area contributed by atoms with E-state index in [1.807, 2.05) is 0 Å². The Morgan fingerprint density at radius 1 is 1.40 bits per heavy atom. The third-order valence-corrected chi connectivity index (χ3v) is 5.09. The minimum Gasteiger partial charge on any atom is -0.480 e. The van der Waals surface area contributed by atoms with Crippen LogP contribution in [0.3, 0.4) is 0 Å². The molecular formula is C15H26N2O3. The zero-order valence-corrected chi connectivity index (χ0v) is 12.3. The average Bonchev–Trinajstić information content (AvgIpc) is 2.91. The van der Waals surface area contributed by atoms with Crippen molar-refractivity contribution >= 4 is 5.97 Å². The zero-order chi connectivity index (χ0) is 14.2. The van der Waals surface area contributed by atoms with Crippen molar-refractivity contribution < 1.29 is 14.6 Å². The highest BCUT2D eigenvalue weighted by atomic mass is 16.5. The van der Waals surface area contributed by atoms with Crippen LogP contribution in [0.25, 0.3) is 0 Å². The summed E-state index contributed by atoms with van der Waals surface area (Å²) in [6.07, 6.45) is 7.34. The first-order chi connectivity index (χ1) is 9.59. The van der Waals surface area contributed by atoms with Gasteiger partial charge in [-0.1, -0.05) is 0 Å². The van der Waals surface area contributed by atoms with Crippen LogP contribution in [0.15, 0.2) is 0 Å². The van der Waals surface area contributed by atoms with Crippen molar-refractivity contribution in [1.29, 1.82) is 0 Å². The number of carboxylic acids is 1. The number of nitrogens with zero attached hydrogens (tertiary/aromatic N) is 1. The van der Waals surface area contributed by atoms with E-state index in [1.54, 1.807) is 0 Å². The van der Waals surface area contributed by atoms with Gasteiger partial charge in [-0.3, -0.25) is 10.1 Å². The largest absolute Gasteiger partial charge is 0.480 e. The number of carboxylic acid groups (broad SMARTS) is 1. The van der Waals surface area contributed by atoms with E-state index in [1.165, 1.54) is 0 Å². The summed E-state index contributed by atoms with van der Waals surface area (Å²) in [7, 11) is 2.11. The van der Waals surface area contributed by atoms with Gasteiger partial charge in [0.1, 0.15) is 5.54 Å². The maximum Gasteiger partial charge on any atom is 0.323 e. The Morgan fingerprint density at radius 2 is 2.20 bits per heavy atom. The molecule has 1 saturated heterocycles. The normalized spacial score (nSPS) is 37.7. The Labute approximate surface area is 120 Å². The minimum atomic E-state index is -0.684. The number of aliphatic carboxylic acids is 1. The predicted octanol–water partition coefficient (Wildman–Crippen LogP) is 1.23. The van der Waals surface area contributed by atoms with Gasteiger partial charge in [0.25, 0.3) is 0 Å². The van der Waals surface area contributed by atoms with Gasteiger partial charge < -0.3 is 14.7 Å². The fourth-order valence-corrected chi connectivity index (χ4v) is 3.66. The fourth-order valence-electron chi connectivity index (χ4n) is 3.66. The predicted molar refractivity (Wildman–Crippen MR) is 75.8 cm³/mol. The summed E-state index contributed by atoms with van der Waals surface area (Å²) in [6.45, 7) is 1.81. The van der Waals surface area contributed by atoms with Crippen LogP contribution in [-0.2, 0) is 9.53 Å². The molecule has 5 heteroatoms. The molecule has 3 atom stereocenters. The number of nitrogens with one attached hydrogen (secondary N) is 1. The molecule has 1 heterocycles. The monoisotopic (exact) mass is 282 g/mol. The molecule has 0 aromatic rings. The van der Waals surface area contributed by atoms with Crippen molar-refractivity contribution in [1.82, 2.24) is 10.2 Å². The topological polar surface area (TPSA) is 61.8 Å². The van der Waals surface area contributed by atoms with Gasteiger partial charge in [0.15, 0.2) is 0 Å². The molecular weight excluding hydrogens is 256 g/mol. The van der Waals surface area contributed by atoms with Gasteiger partial charge in [-0.25, -0.2) is 0 Å². The third kappa shape index (κ3) is 3.00. The summed E-state index contributed by atoms with van der Waals surface area (Å²) in [5.74, 6) is -0.669. The molecule has 0 aromatic heterocycles. The lowest BCUT2D eigenvalue weighted by molar-refractivity contribution is -0.145. The van der Waals surface area contributed by atoms with E-state index in [9.17, 15) is 9.90 Å². The first-order valence-electron chi connectivity index (χ1n) is 7.92. The molecule has 1 aliphatic heterocycles. The molecule has 20 heavy (non-hydrogen) atoms. The van der Waals surface area contributed by atoms with Crippen LogP contribution >= 0.6 is 0 Å². The average molecular weight is 282 g/mol.